The van der Waals surface area contributed by atoms with Crippen LogP contribution < -0.4 is 11.5 Å². The summed E-state index contributed by atoms with van der Waals surface area (Å²) in [6, 6.07) is -0.548. The van der Waals surface area contributed by atoms with Gasteiger partial charge in [-0.3, -0.25) is 4.79 Å². The molecular weight excluding hydrogens is 156 g/mol. The molecule has 0 heterocycles. The zero-order chi connectivity index (χ0) is 9.40. The largest absolute Gasteiger partial charge is 0.460 e. The fourth-order valence-corrected chi connectivity index (χ4v) is 0.704. The highest BCUT2D eigenvalue weighted by Crippen LogP contribution is 1.95. The van der Waals surface area contributed by atoms with Gasteiger partial charge < -0.3 is 16.2 Å². The standard InChI is InChI=1S/C8H16N2O2/c1-2-6-12-8(11)7(10)4-3-5-9/h2,7H,1,3-6,9-10H2/t7-/m1/s1. The van der Waals surface area contributed by atoms with E-state index in [2.05, 4.69) is 6.58 Å². The number of rotatable bonds is 6. The molecule has 0 radical (unpaired) electrons. The first-order valence-corrected chi connectivity index (χ1v) is 3.95. The monoisotopic (exact) mass is 172 g/mol. The zero-order valence-corrected chi connectivity index (χ0v) is 7.16. The number of carbonyl (C=O) groups excluding carboxylic acids is 1. The summed E-state index contributed by atoms with van der Waals surface area (Å²) < 4.78 is 4.73. The van der Waals surface area contributed by atoms with E-state index < -0.39 is 6.04 Å². The number of hydrogen-bond donors (Lipinski definition) is 2. The van der Waals surface area contributed by atoms with Crippen LogP contribution in [0.4, 0.5) is 0 Å². The SMILES string of the molecule is C=CCOC(=O)[C@H](N)CCCN. The second-order valence-electron chi connectivity index (χ2n) is 2.46. The Balaban J connectivity index is 3.53. The molecule has 4 nitrogen and oxygen atoms in total. The first-order valence-electron chi connectivity index (χ1n) is 3.95. The highest BCUT2D eigenvalue weighted by Gasteiger charge is 2.12. The lowest BCUT2D eigenvalue weighted by molar-refractivity contribution is -0.144. The van der Waals surface area contributed by atoms with E-state index in [1.54, 1.807) is 0 Å². The lowest BCUT2D eigenvalue weighted by Gasteiger charge is -2.08. The number of nitrogens with two attached hydrogens (primary N) is 2. The zero-order valence-electron chi connectivity index (χ0n) is 7.16. The normalized spacial score (nSPS) is 12.2. The van der Waals surface area contributed by atoms with E-state index in [9.17, 15) is 4.79 Å². The van der Waals surface area contributed by atoms with E-state index in [1.165, 1.54) is 6.08 Å². The van der Waals surface area contributed by atoms with Crippen molar-refractivity contribution in [2.75, 3.05) is 13.2 Å². The van der Waals surface area contributed by atoms with Crippen molar-refractivity contribution in [1.82, 2.24) is 0 Å². The minimum atomic E-state index is -0.548. The minimum Gasteiger partial charge on any atom is -0.460 e. The highest BCUT2D eigenvalue weighted by molar-refractivity contribution is 5.75. The van der Waals surface area contributed by atoms with E-state index in [-0.39, 0.29) is 12.6 Å². The maximum Gasteiger partial charge on any atom is 0.323 e. The quantitative estimate of drug-likeness (QED) is 0.429. The van der Waals surface area contributed by atoms with Crippen LogP contribution in [-0.2, 0) is 9.53 Å². The topological polar surface area (TPSA) is 78.3 Å². The molecule has 0 rings (SSSR count). The molecule has 4 N–H and O–H groups in total. The van der Waals surface area contributed by atoms with Gasteiger partial charge in [0.05, 0.1) is 0 Å². The van der Waals surface area contributed by atoms with Gasteiger partial charge >= 0.3 is 5.97 Å². The van der Waals surface area contributed by atoms with Crippen molar-refractivity contribution >= 4 is 5.97 Å². The molecule has 0 aliphatic carbocycles. The molecule has 0 aliphatic rings. The second-order valence-corrected chi connectivity index (χ2v) is 2.46. The van der Waals surface area contributed by atoms with E-state index >= 15 is 0 Å². The van der Waals surface area contributed by atoms with Gasteiger partial charge in [0.1, 0.15) is 12.6 Å². The first kappa shape index (κ1) is 11.1. The van der Waals surface area contributed by atoms with Crippen LogP contribution in [0.15, 0.2) is 12.7 Å². The van der Waals surface area contributed by atoms with E-state index in [0.29, 0.717) is 13.0 Å². The predicted molar refractivity (Wildman–Crippen MR) is 47.4 cm³/mol. The summed E-state index contributed by atoms with van der Waals surface area (Å²) in [6.45, 7) is 4.18. The Morgan fingerprint density at radius 1 is 1.67 bits per heavy atom. The molecule has 0 bridgehead atoms. The Morgan fingerprint density at radius 3 is 2.83 bits per heavy atom. The van der Waals surface area contributed by atoms with Crippen LogP contribution in [0.3, 0.4) is 0 Å². The molecule has 0 aromatic heterocycles. The van der Waals surface area contributed by atoms with Crippen molar-refractivity contribution in [3.05, 3.63) is 12.7 Å². The van der Waals surface area contributed by atoms with Gasteiger partial charge in [0.2, 0.25) is 0 Å². The third-order valence-corrected chi connectivity index (χ3v) is 1.37. The average Bonchev–Trinajstić information content (AvgIpc) is 2.10. The van der Waals surface area contributed by atoms with Crippen LogP contribution in [0.25, 0.3) is 0 Å². The molecule has 0 amide bonds. The number of esters is 1. The molecule has 0 saturated carbocycles. The number of ether oxygens (including phenoxy) is 1. The summed E-state index contributed by atoms with van der Waals surface area (Å²) in [7, 11) is 0. The van der Waals surface area contributed by atoms with Crippen LogP contribution in [0.2, 0.25) is 0 Å². The summed E-state index contributed by atoms with van der Waals surface area (Å²) in [5, 5.41) is 0. The lowest BCUT2D eigenvalue weighted by atomic mass is 10.2. The molecule has 0 saturated heterocycles. The van der Waals surface area contributed by atoms with Gasteiger partial charge in [-0.1, -0.05) is 12.7 Å². The Labute approximate surface area is 72.6 Å². The van der Waals surface area contributed by atoms with Crippen LogP contribution in [0.1, 0.15) is 12.8 Å². The minimum absolute atomic E-state index is 0.217. The fourth-order valence-electron chi connectivity index (χ4n) is 0.704. The van der Waals surface area contributed by atoms with Crippen LogP contribution in [0.5, 0.6) is 0 Å². The van der Waals surface area contributed by atoms with E-state index in [4.69, 9.17) is 16.2 Å². The van der Waals surface area contributed by atoms with Crippen LogP contribution in [-0.4, -0.2) is 25.2 Å². The molecule has 0 aromatic rings. The van der Waals surface area contributed by atoms with Crippen molar-refractivity contribution in [3.63, 3.8) is 0 Å². The van der Waals surface area contributed by atoms with Gasteiger partial charge in [0.15, 0.2) is 0 Å². The third kappa shape index (κ3) is 4.87. The summed E-state index contributed by atoms with van der Waals surface area (Å²) in [6.07, 6.45) is 2.82. The molecule has 0 aliphatic heterocycles. The molecule has 4 heteroatoms. The summed E-state index contributed by atoms with van der Waals surface area (Å²) in [4.78, 5) is 11.0. The maximum atomic E-state index is 11.0. The molecule has 0 fully saturated rings. The van der Waals surface area contributed by atoms with Crippen molar-refractivity contribution < 1.29 is 9.53 Å². The fraction of sp³-hybridized carbons (Fsp3) is 0.625. The maximum absolute atomic E-state index is 11.0. The van der Waals surface area contributed by atoms with Gasteiger partial charge in [-0.2, -0.15) is 0 Å². The first-order chi connectivity index (χ1) is 5.72. The van der Waals surface area contributed by atoms with Crippen molar-refractivity contribution in [2.45, 2.75) is 18.9 Å². The molecule has 0 spiro atoms. The van der Waals surface area contributed by atoms with Crippen molar-refractivity contribution in [3.8, 4) is 0 Å². The lowest BCUT2D eigenvalue weighted by Crippen LogP contribution is -2.32. The Hall–Kier alpha value is -0.870. The van der Waals surface area contributed by atoms with E-state index in [0.717, 1.165) is 6.42 Å². The summed E-state index contributed by atoms with van der Waals surface area (Å²) >= 11 is 0. The molecular formula is C8H16N2O2. The highest BCUT2D eigenvalue weighted by atomic mass is 16.5. The number of carbonyl (C=O) groups is 1. The molecule has 70 valence electrons. The molecule has 1 atom stereocenters. The Bertz CT molecular complexity index is 148. The number of hydrogen-bond acceptors (Lipinski definition) is 4. The predicted octanol–water partition coefficient (Wildman–Crippen LogP) is -0.218. The van der Waals surface area contributed by atoms with Gasteiger partial charge in [-0.15, -0.1) is 0 Å². The van der Waals surface area contributed by atoms with Crippen molar-refractivity contribution in [1.29, 1.82) is 0 Å². The van der Waals surface area contributed by atoms with E-state index in [1.807, 2.05) is 0 Å². The molecule has 0 unspecified atom stereocenters. The van der Waals surface area contributed by atoms with Gasteiger partial charge in [0, 0.05) is 0 Å². The summed E-state index contributed by atoms with van der Waals surface area (Å²) in [5.41, 5.74) is 10.7. The summed E-state index contributed by atoms with van der Waals surface area (Å²) in [5.74, 6) is -0.386. The average molecular weight is 172 g/mol. The Morgan fingerprint density at radius 2 is 2.33 bits per heavy atom. The molecule has 0 aromatic carbocycles. The van der Waals surface area contributed by atoms with Gasteiger partial charge in [-0.25, -0.2) is 0 Å². The van der Waals surface area contributed by atoms with Crippen LogP contribution >= 0.6 is 0 Å². The van der Waals surface area contributed by atoms with Crippen LogP contribution in [0, 0.1) is 0 Å². The van der Waals surface area contributed by atoms with Gasteiger partial charge in [0.25, 0.3) is 0 Å². The third-order valence-electron chi connectivity index (χ3n) is 1.37. The van der Waals surface area contributed by atoms with Crippen molar-refractivity contribution in [2.24, 2.45) is 11.5 Å². The second kappa shape index (κ2) is 6.82. The smallest absolute Gasteiger partial charge is 0.323 e. The molecule has 12 heavy (non-hydrogen) atoms. The Kier molecular flexibility index (Phi) is 6.32. The van der Waals surface area contributed by atoms with Gasteiger partial charge in [-0.05, 0) is 19.4 Å².